The third-order valence-electron chi connectivity index (χ3n) is 6.90. The van der Waals surface area contributed by atoms with Gasteiger partial charge in [0.05, 0.1) is 15.6 Å². The number of hydrogen-bond acceptors (Lipinski definition) is 4. The highest BCUT2D eigenvalue weighted by atomic mass is 35.5. The van der Waals surface area contributed by atoms with Crippen molar-refractivity contribution in [1.29, 1.82) is 0 Å². The fourth-order valence-electron chi connectivity index (χ4n) is 4.62. The van der Waals surface area contributed by atoms with Crippen molar-refractivity contribution in [2.24, 2.45) is 0 Å². The number of benzene rings is 4. The van der Waals surface area contributed by atoms with Crippen LogP contribution in [-0.4, -0.2) is 44.3 Å². The van der Waals surface area contributed by atoms with Crippen LogP contribution in [0.5, 0.6) is 0 Å². The van der Waals surface area contributed by atoms with Gasteiger partial charge in [-0.3, -0.25) is 13.9 Å². The summed E-state index contributed by atoms with van der Waals surface area (Å²) in [6.07, 6.45) is 0.206. The van der Waals surface area contributed by atoms with Crippen molar-refractivity contribution in [1.82, 2.24) is 10.2 Å². The molecule has 2 amide bonds. The van der Waals surface area contributed by atoms with Crippen LogP contribution in [0.1, 0.15) is 23.6 Å². The average Bonchev–Trinajstić information content (AvgIpc) is 3.01. The monoisotopic (exact) mass is 621 g/mol. The molecule has 0 aromatic heterocycles. The number of rotatable bonds is 12. The van der Waals surface area contributed by atoms with E-state index in [1.165, 1.54) is 29.2 Å². The predicted molar refractivity (Wildman–Crippen MR) is 167 cm³/mol. The molecule has 224 valence electrons. The van der Waals surface area contributed by atoms with Crippen molar-refractivity contribution < 1.29 is 22.4 Å². The number of anilines is 1. The summed E-state index contributed by atoms with van der Waals surface area (Å²) in [4.78, 5) is 29.1. The Morgan fingerprint density at radius 3 is 2.12 bits per heavy atom. The third-order valence-corrected chi connectivity index (χ3v) is 8.97. The van der Waals surface area contributed by atoms with Crippen LogP contribution in [0.4, 0.5) is 10.1 Å². The van der Waals surface area contributed by atoms with Gasteiger partial charge in [-0.1, -0.05) is 90.0 Å². The highest BCUT2D eigenvalue weighted by Gasteiger charge is 2.34. The van der Waals surface area contributed by atoms with Crippen molar-refractivity contribution in [3.05, 3.63) is 131 Å². The molecule has 0 saturated carbocycles. The molecule has 0 heterocycles. The zero-order chi connectivity index (χ0) is 31.0. The van der Waals surface area contributed by atoms with Gasteiger partial charge in [0.1, 0.15) is 18.4 Å². The van der Waals surface area contributed by atoms with E-state index < -0.39 is 34.3 Å². The van der Waals surface area contributed by atoms with Crippen LogP contribution in [0.15, 0.2) is 108 Å². The Bertz CT molecular complexity index is 1650. The molecule has 0 radical (unpaired) electrons. The van der Waals surface area contributed by atoms with Gasteiger partial charge in [0, 0.05) is 19.5 Å². The fraction of sp³-hybridized carbons (Fsp3) is 0.212. The summed E-state index contributed by atoms with van der Waals surface area (Å²) in [6, 6.07) is 27.0. The van der Waals surface area contributed by atoms with Gasteiger partial charge < -0.3 is 10.2 Å². The minimum Gasteiger partial charge on any atom is -0.355 e. The maximum absolute atomic E-state index is 14.3. The van der Waals surface area contributed by atoms with Crippen LogP contribution in [0.25, 0.3) is 0 Å². The number of nitrogens with one attached hydrogen (secondary N) is 1. The van der Waals surface area contributed by atoms with Gasteiger partial charge in [-0.2, -0.15) is 0 Å². The molecule has 0 unspecified atom stereocenters. The predicted octanol–water partition coefficient (Wildman–Crippen LogP) is 5.76. The van der Waals surface area contributed by atoms with E-state index in [1.54, 1.807) is 25.1 Å². The van der Waals surface area contributed by atoms with Crippen LogP contribution in [-0.2, 0) is 32.6 Å². The molecule has 4 rings (SSSR count). The second-order valence-corrected chi connectivity index (χ2v) is 12.3. The van der Waals surface area contributed by atoms with E-state index in [0.717, 1.165) is 27.1 Å². The first-order chi connectivity index (χ1) is 20.6. The van der Waals surface area contributed by atoms with Gasteiger partial charge in [-0.15, -0.1) is 0 Å². The van der Waals surface area contributed by atoms with E-state index in [-0.39, 0.29) is 34.5 Å². The van der Waals surface area contributed by atoms with Gasteiger partial charge in [-0.25, -0.2) is 12.8 Å². The maximum Gasteiger partial charge on any atom is 0.264 e. The maximum atomic E-state index is 14.3. The topological polar surface area (TPSA) is 86.8 Å². The molecule has 10 heteroatoms. The quantitative estimate of drug-likeness (QED) is 0.218. The van der Waals surface area contributed by atoms with E-state index in [2.05, 4.69) is 5.32 Å². The highest BCUT2D eigenvalue weighted by molar-refractivity contribution is 7.92. The van der Waals surface area contributed by atoms with E-state index in [0.29, 0.717) is 6.54 Å². The van der Waals surface area contributed by atoms with Gasteiger partial charge in [0.25, 0.3) is 10.0 Å². The number of hydrogen-bond donors (Lipinski definition) is 1. The zero-order valence-electron chi connectivity index (χ0n) is 23.9. The number of amides is 2. The van der Waals surface area contributed by atoms with Crippen molar-refractivity contribution in [3.8, 4) is 0 Å². The highest BCUT2D eigenvalue weighted by Crippen LogP contribution is 2.28. The summed E-state index contributed by atoms with van der Waals surface area (Å²) in [5.74, 6) is -1.71. The van der Waals surface area contributed by atoms with Crippen molar-refractivity contribution in [2.45, 2.75) is 37.8 Å². The Morgan fingerprint density at radius 1 is 0.884 bits per heavy atom. The minimum atomic E-state index is -4.30. The fourth-order valence-corrected chi connectivity index (χ4v) is 6.23. The van der Waals surface area contributed by atoms with E-state index in [1.807, 2.05) is 61.5 Å². The molecule has 4 aromatic carbocycles. The largest absolute Gasteiger partial charge is 0.355 e. The lowest BCUT2D eigenvalue weighted by Gasteiger charge is -2.34. The van der Waals surface area contributed by atoms with Crippen molar-refractivity contribution in [3.63, 3.8) is 0 Å². The molecule has 0 spiro atoms. The molecule has 4 aromatic rings. The first-order valence-corrected chi connectivity index (χ1v) is 15.6. The number of likely N-dealkylation sites (N-methyl/N-ethyl adjacent to an activating group) is 1. The van der Waals surface area contributed by atoms with Crippen molar-refractivity contribution in [2.75, 3.05) is 17.4 Å². The zero-order valence-corrected chi connectivity index (χ0v) is 25.5. The molecule has 1 N–H and O–H groups in total. The summed E-state index contributed by atoms with van der Waals surface area (Å²) in [7, 11) is -4.30. The second-order valence-electron chi connectivity index (χ2n) is 10.0. The Labute approximate surface area is 257 Å². The van der Waals surface area contributed by atoms with Crippen molar-refractivity contribution >= 4 is 39.1 Å². The van der Waals surface area contributed by atoms with Gasteiger partial charge in [0.2, 0.25) is 11.8 Å². The molecule has 0 aliphatic carbocycles. The lowest BCUT2D eigenvalue weighted by molar-refractivity contribution is -0.140. The molecule has 0 bridgehead atoms. The molecule has 0 aliphatic rings. The molecule has 0 aliphatic heterocycles. The standard InChI is InChI=1S/C33H33ClFN3O4S/c1-3-36-33(40)31(20-25-10-6-4-7-11-25)37(22-26-16-14-24(2)15-17-26)32(39)23-38(27-18-19-30(35)29(34)21-27)43(41,42)28-12-8-5-9-13-28/h4-19,21,31H,3,20,22-23H2,1-2H3,(H,36,40)/t31-/m1/s1. The number of carbonyl (C=O) groups excluding carboxylic acids is 2. The summed E-state index contributed by atoms with van der Waals surface area (Å²) in [5, 5.41) is 2.53. The normalized spacial score (nSPS) is 11.9. The number of carbonyl (C=O) groups is 2. The van der Waals surface area contributed by atoms with Crippen LogP contribution >= 0.6 is 11.6 Å². The Morgan fingerprint density at radius 2 is 1.51 bits per heavy atom. The number of sulfonamides is 1. The molecule has 1 atom stereocenters. The van der Waals surface area contributed by atoms with Crippen LogP contribution in [0.3, 0.4) is 0 Å². The number of aryl methyl sites for hydroxylation is 1. The van der Waals surface area contributed by atoms with E-state index in [9.17, 15) is 22.4 Å². The van der Waals surface area contributed by atoms with Crippen LogP contribution in [0, 0.1) is 12.7 Å². The average molecular weight is 622 g/mol. The molecular formula is C33H33ClFN3O4S. The first kappa shape index (κ1) is 31.7. The molecular weight excluding hydrogens is 589 g/mol. The van der Waals surface area contributed by atoms with E-state index in [4.69, 9.17) is 11.6 Å². The third kappa shape index (κ3) is 8.00. The molecule has 7 nitrogen and oxygen atoms in total. The molecule has 0 saturated heterocycles. The summed E-state index contributed by atoms with van der Waals surface area (Å²) < 4.78 is 42.8. The van der Waals surface area contributed by atoms with E-state index >= 15 is 0 Å². The smallest absolute Gasteiger partial charge is 0.264 e. The Hall–Kier alpha value is -4.21. The Balaban J connectivity index is 1.80. The number of halogens is 2. The SMILES string of the molecule is CCNC(=O)[C@@H](Cc1ccccc1)N(Cc1ccc(C)cc1)C(=O)CN(c1ccc(F)c(Cl)c1)S(=O)(=O)c1ccccc1. The van der Waals surface area contributed by atoms with Crippen LogP contribution in [0.2, 0.25) is 5.02 Å². The summed E-state index contributed by atoms with van der Waals surface area (Å²) >= 11 is 6.05. The second kappa shape index (κ2) is 14.3. The minimum absolute atomic E-state index is 0.0107. The summed E-state index contributed by atoms with van der Waals surface area (Å²) in [6.45, 7) is 3.47. The lowest BCUT2D eigenvalue weighted by Crippen LogP contribution is -2.53. The lowest BCUT2D eigenvalue weighted by atomic mass is 10.0. The molecule has 43 heavy (non-hydrogen) atoms. The summed E-state index contributed by atoms with van der Waals surface area (Å²) in [5.41, 5.74) is 2.64. The Kier molecular flexibility index (Phi) is 10.6. The number of nitrogens with zero attached hydrogens (tertiary/aromatic N) is 2. The molecule has 0 fully saturated rings. The van der Waals surface area contributed by atoms with Gasteiger partial charge in [0.15, 0.2) is 0 Å². The van der Waals surface area contributed by atoms with Crippen LogP contribution < -0.4 is 9.62 Å². The first-order valence-electron chi connectivity index (χ1n) is 13.8. The van der Waals surface area contributed by atoms with Gasteiger partial charge >= 0.3 is 0 Å². The van der Waals surface area contributed by atoms with Gasteiger partial charge in [-0.05, 0) is 55.3 Å².